The first kappa shape index (κ1) is 17.9. The second kappa shape index (κ2) is 7.62. The largest absolute Gasteiger partial charge is 0.507 e. The Balaban J connectivity index is 1.61. The normalized spacial score (nSPS) is 10.6. The summed E-state index contributed by atoms with van der Waals surface area (Å²) in [6.45, 7) is 0. The van der Waals surface area contributed by atoms with E-state index in [1.54, 1.807) is 18.2 Å². The molecule has 4 rings (SSSR count). The Morgan fingerprint density at radius 3 is 2.46 bits per heavy atom. The third-order valence-corrected chi connectivity index (χ3v) is 4.52. The van der Waals surface area contributed by atoms with Crippen molar-refractivity contribution in [2.45, 2.75) is 0 Å². The number of halogens is 1. The number of benzene rings is 4. The molecule has 0 aliphatic carbocycles. The number of hydrogen-bond donors (Lipinski definition) is 2. The minimum Gasteiger partial charge on any atom is -0.507 e. The summed E-state index contributed by atoms with van der Waals surface area (Å²) >= 11 is 5.93. The van der Waals surface area contributed by atoms with E-state index in [-0.39, 0.29) is 11.3 Å². The van der Waals surface area contributed by atoms with Gasteiger partial charge >= 0.3 is 0 Å². The fourth-order valence-corrected chi connectivity index (χ4v) is 3.07. The van der Waals surface area contributed by atoms with E-state index in [9.17, 15) is 9.90 Å². The van der Waals surface area contributed by atoms with Crippen LogP contribution in [0.25, 0.3) is 10.8 Å². The first-order valence-corrected chi connectivity index (χ1v) is 9.03. The summed E-state index contributed by atoms with van der Waals surface area (Å²) in [5.74, 6) is 0.531. The van der Waals surface area contributed by atoms with Crippen molar-refractivity contribution in [2.24, 2.45) is 0 Å². The van der Waals surface area contributed by atoms with E-state index in [2.05, 4.69) is 5.32 Å². The molecule has 0 aromatic heterocycles. The molecular weight excluding hydrogens is 374 g/mol. The van der Waals surface area contributed by atoms with Gasteiger partial charge in [-0.05, 0) is 53.2 Å². The maximum Gasteiger partial charge on any atom is 0.259 e. The van der Waals surface area contributed by atoms with Gasteiger partial charge in [-0.2, -0.15) is 0 Å². The first-order valence-electron chi connectivity index (χ1n) is 8.66. The van der Waals surface area contributed by atoms with Gasteiger partial charge in [-0.1, -0.05) is 54.1 Å². The molecule has 0 aliphatic rings. The van der Waals surface area contributed by atoms with Gasteiger partial charge in [-0.15, -0.1) is 0 Å². The molecule has 0 unspecified atom stereocenters. The van der Waals surface area contributed by atoms with Crippen LogP contribution in [0, 0.1) is 0 Å². The van der Waals surface area contributed by atoms with E-state index < -0.39 is 5.91 Å². The number of aromatic hydroxyl groups is 1. The lowest BCUT2D eigenvalue weighted by Crippen LogP contribution is -2.12. The minimum absolute atomic E-state index is 0.0907. The summed E-state index contributed by atoms with van der Waals surface area (Å²) < 4.78 is 6.01. The number of phenolic OH excluding ortho intramolecular Hbond substituents is 1. The highest BCUT2D eigenvalue weighted by atomic mass is 35.5. The molecule has 0 bridgehead atoms. The van der Waals surface area contributed by atoms with Gasteiger partial charge < -0.3 is 15.2 Å². The Bertz CT molecular complexity index is 1170. The molecule has 28 heavy (non-hydrogen) atoms. The van der Waals surface area contributed by atoms with Crippen LogP contribution in [0.5, 0.6) is 17.2 Å². The van der Waals surface area contributed by atoms with E-state index in [0.29, 0.717) is 22.2 Å². The van der Waals surface area contributed by atoms with Crippen LogP contribution in [0.15, 0.2) is 84.9 Å². The SMILES string of the molecule is O=C(Nc1ccccc1Oc1ccc2ccccc2c1)c1cc(Cl)ccc1O. The molecule has 138 valence electrons. The van der Waals surface area contributed by atoms with Crippen molar-refractivity contribution in [1.29, 1.82) is 0 Å². The predicted octanol–water partition coefficient (Wildman–Crippen LogP) is 6.24. The van der Waals surface area contributed by atoms with Gasteiger partial charge in [-0.3, -0.25) is 4.79 Å². The lowest BCUT2D eigenvalue weighted by Gasteiger charge is -2.13. The second-order valence-corrected chi connectivity index (χ2v) is 6.66. The maximum absolute atomic E-state index is 12.6. The molecule has 1 amide bonds. The van der Waals surface area contributed by atoms with Crippen LogP contribution in [0.3, 0.4) is 0 Å². The smallest absolute Gasteiger partial charge is 0.259 e. The number of hydrogen-bond acceptors (Lipinski definition) is 3. The van der Waals surface area contributed by atoms with Crippen LogP contribution in [0.4, 0.5) is 5.69 Å². The summed E-state index contributed by atoms with van der Waals surface area (Å²) in [5.41, 5.74) is 0.577. The molecule has 0 spiro atoms. The fraction of sp³-hybridized carbons (Fsp3) is 0. The zero-order valence-electron chi connectivity index (χ0n) is 14.7. The molecule has 0 saturated heterocycles. The molecule has 4 aromatic rings. The third-order valence-electron chi connectivity index (χ3n) is 4.29. The fourth-order valence-electron chi connectivity index (χ4n) is 2.90. The number of nitrogens with one attached hydrogen (secondary N) is 1. The van der Waals surface area contributed by atoms with Gasteiger partial charge in [0, 0.05) is 5.02 Å². The molecule has 0 fully saturated rings. The van der Waals surface area contributed by atoms with Crippen molar-refractivity contribution >= 4 is 34.0 Å². The Labute approximate surface area is 167 Å². The number of amides is 1. The van der Waals surface area contributed by atoms with E-state index in [0.717, 1.165) is 10.8 Å². The highest BCUT2D eigenvalue weighted by Crippen LogP contribution is 2.32. The zero-order valence-corrected chi connectivity index (χ0v) is 15.5. The number of rotatable bonds is 4. The number of ether oxygens (including phenoxy) is 1. The van der Waals surface area contributed by atoms with Crippen molar-refractivity contribution in [3.05, 3.63) is 95.5 Å². The molecule has 4 aromatic carbocycles. The topological polar surface area (TPSA) is 58.6 Å². The van der Waals surface area contributed by atoms with Crippen LogP contribution in [0.1, 0.15) is 10.4 Å². The van der Waals surface area contributed by atoms with E-state index in [1.807, 2.05) is 48.5 Å². The van der Waals surface area contributed by atoms with Crippen LogP contribution in [-0.2, 0) is 0 Å². The van der Waals surface area contributed by atoms with Crippen molar-refractivity contribution < 1.29 is 14.6 Å². The number of carbonyl (C=O) groups is 1. The number of anilines is 1. The van der Waals surface area contributed by atoms with Gasteiger partial charge in [0.2, 0.25) is 0 Å². The summed E-state index contributed by atoms with van der Waals surface area (Å²) in [4.78, 5) is 12.6. The highest BCUT2D eigenvalue weighted by Gasteiger charge is 2.14. The van der Waals surface area contributed by atoms with Crippen molar-refractivity contribution in [3.8, 4) is 17.2 Å². The third kappa shape index (κ3) is 3.77. The van der Waals surface area contributed by atoms with E-state index in [1.165, 1.54) is 18.2 Å². The van der Waals surface area contributed by atoms with Crippen molar-refractivity contribution in [3.63, 3.8) is 0 Å². The van der Waals surface area contributed by atoms with Crippen LogP contribution < -0.4 is 10.1 Å². The Morgan fingerprint density at radius 2 is 1.61 bits per heavy atom. The predicted molar refractivity (Wildman–Crippen MR) is 112 cm³/mol. The molecule has 0 atom stereocenters. The summed E-state index contributed by atoms with van der Waals surface area (Å²) in [7, 11) is 0. The monoisotopic (exact) mass is 389 g/mol. The first-order chi connectivity index (χ1) is 13.6. The maximum atomic E-state index is 12.6. The molecule has 5 heteroatoms. The van der Waals surface area contributed by atoms with Gasteiger partial charge in [0.1, 0.15) is 11.5 Å². The lowest BCUT2D eigenvalue weighted by atomic mass is 10.1. The summed E-state index contributed by atoms with van der Waals surface area (Å²) in [5, 5.41) is 15.3. The molecule has 0 heterocycles. The standard InChI is InChI=1S/C23H16ClNO3/c24-17-10-12-21(26)19(14-17)23(27)25-20-7-3-4-8-22(20)28-18-11-9-15-5-1-2-6-16(15)13-18/h1-14,26H,(H,25,27). The van der Waals surface area contributed by atoms with Crippen molar-refractivity contribution in [2.75, 3.05) is 5.32 Å². The van der Waals surface area contributed by atoms with Gasteiger partial charge in [-0.25, -0.2) is 0 Å². The zero-order chi connectivity index (χ0) is 19.5. The van der Waals surface area contributed by atoms with E-state index >= 15 is 0 Å². The highest BCUT2D eigenvalue weighted by molar-refractivity contribution is 6.31. The summed E-state index contributed by atoms with van der Waals surface area (Å²) in [6.07, 6.45) is 0. The molecule has 0 aliphatic heterocycles. The average Bonchev–Trinajstić information content (AvgIpc) is 2.71. The second-order valence-electron chi connectivity index (χ2n) is 6.22. The average molecular weight is 390 g/mol. The number of fused-ring (bicyclic) bond motifs is 1. The molecule has 4 nitrogen and oxygen atoms in total. The number of para-hydroxylation sites is 2. The molecule has 0 radical (unpaired) electrons. The van der Waals surface area contributed by atoms with Crippen LogP contribution >= 0.6 is 11.6 Å². The molecular formula is C23H16ClNO3. The lowest BCUT2D eigenvalue weighted by molar-refractivity contribution is 0.102. The molecule has 0 saturated carbocycles. The Kier molecular flexibility index (Phi) is 4.87. The Hall–Kier alpha value is -3.50. The van der Waals surface area contributed by atoms with Gasteiger partial charge in [0.15, 0.2) is 5.75 Å². The quantitative estimate of drug-likeness (QED) is 0.434. The minimum atomic E-state index is -0.477. The number of phenols is 1. The van der Waals surface area contributed by atoms with Crippen LogP contribution in [0.2, 0.25) is 5.02 Å². The van der Waals surface area contributed by atoms with Gasteiger partial charge in [0.25, 0.3) is 5.91 Å². The van der Waals surface area contributed by atoms with Gasteiger partial charge in [0.05, 0.1) is 11.3 Å². The Morgan fingerprint density at radius 1 is 0.857 bits per heavy atom. The van der Waals surface area contributed by atoms with Crippen LogP contribution in [-0.4, -0.2) is 11.0 Å². The van der Waals surface area contributed by atoms with Crippen molar-refractivity contribution in [1.82, 2.24) is 0 Å². The summed E-state index contributed by atoms with van der Waals surface area (Å²) in [6, 6.07) is 25.2. The van der Waals surface area contributed by atoms with E-state index in [4.69, 9.17) is 16.3 Å². The number of carbonyl (C=O) groups excluding carboxylic acids is 1. The molecule has 2 N–H and O–H groups in total.